The van der Waals surface area contributed by atoms with Gasteiger partial charge in [-0.25, -0.2) is 0 Å². The summed E-state index contributed by atoms with van der Waals surface area (Å²) in [6.45, 7) is 2.08. The van der Waals surface area contributed by atoms with Crippen molar-refractivity contribution >= 4 is 11.3 Å². The van der Waals surface area contributed by atoms with Gasteiger partial charge in [0, 0.05) is 4.88 Å². The lowest BCUT2D eigenvalue weighted by molar-refractivity contribution is 0.103. The quantitative estimate of drug-likeness (QED) is 0.738. The van der Waals surface area contributed by atoms with Gasteiger partial charge < -0.3 is 5.11 Å². The van der Waals surface area contributed by atoms with Gasteiger partial charge in [0.05, 0.1) is 6.10 Å². The molecule has 2 rings (SSSR count). The van der Waals surface area contributed by atoms with Crippen LogP contribution in [0.15, 0.2) is 23.6 Å². The maximum Gasteiger partial charge on any atom is 0.0829 e. The number of thiophene rings is 1. The third kappa shape index (κ3) is 2.07. The molecule has 0 saturated heterocycles. The molecule has 1 aliphatic carbocycles. The third-order valence-electron chi connectivity index (χ3n) is 2.85. The van der Waals surface area contributed by atoms with E-state index >= 15 is 0 Å². The minimum Gasteiger partial charge on any atom is -0.388 e. The molecule has 0 aliphatic heterocycles. The zero-order chi connectivity index (χ0) is 9.97. The lowest BCUT2D eigenvalue weighted by Crippen LogP contribution is -2.13. The van der Waals surface area contributed by atoms with E-state index in [0.717, 1.165) is 24.8 Å². The molecule has 1 nitrogen and oxygen atoms in total. The van der Waals surface area contributed by atoms with Gasteiger partial charge in [0.25, 0.3) is 0 Å². The Morgan fingerprint density at radius 2 is 2.36 bits per heavy atom. The first-order valence-electron chi connectivity index (χ1n) is 5.15. The summed E-state index contributed by atoms with van der Waals surface area (Å²) in [6, 6.07) is 2.10. The van der Waals surface area contributed by atoms with Gasteiger partial charge in [0.2, 0.25) is 0 Å². The van der Waals surface area contributed by atoms with Crippen molar-refractivity contribution < 1.29 is 5.11 Å². The Bertz CT molecular complexity index is 327. The second-order valence-corrected chi connectivity index (χ2v) is 5.10. The first-order valence-corrected chi connectivity index (χ1v) is 6.03. The zero-order valence-corrected chi connectivity index (χ0v) is 9.26. The van der Waals surface area contributed by atoms with Crippen LogP contribution in [0.4, 0.5) is 0 Å². The summed E-state index contributed by atoms with van der Waals surface area (Å²) in [5.41, 5.74) is 1.10. The molecule has 1 aromatic rings. The number of aliphatic hydroxyl groups excluding tert-OH is 1. The van der Waals surface area contributed by atoms with Crippen molar-refractivity contribution in [1.82, 2.24) is 0 Å². The second-order valence-electron chi connectivity index (χ2n) is 3.98. The standard InChI is InChI=1S/C12H16OS/c1-9-7-11(8-14-9)12(13)10-5-3-2-4-6-10/h2-3,7-8,10,12-13H,4-6H2,1H3. The summed E-state index contributed by atoms with van der Waals surface area (Å²) in [7, 11) is 0. The molecule has 2 unspecified atom stereocenters. The lowest BCUT2D eigenvalue weighted by atomic mass is 9.87. The zero-order valence-electron chi connectivity index (χ0n) is 8.44. The van der Waals surface area contributed by atoms with Crippen LogP contribution in [-0.2, 0) is 0 Å². The molecule has 14 heavy (non-hydrogen) atoms. The summed E-state index contributed by atoms with van der Waals surface area (Å²) >= 11 is 1.72. The minimum atomic E-state index is -0.259. The van der Waals surface area contributed by atoms with E-state index in [1.165, 1.54) is 4.88 Å². The van der Waals surface area contributed by atoms with Crippen LogP contribution in [0, 0.1) is 12.8 Å². The maximum absolute atomic E-state index is 10.1. The summed E-state index contributed by atoms with van der Waals surface area (Å²) in [5, 5.41) is 12.2. The van der Waals surface area contributed by atoms with Gasteiger partial charge in [-0.3, -0.25) is 0 Å². The Labute approximate surface area is 89.1 Å². The predicted octanol–water partition coefficient (Wildman–Crippen LogP) is 3.45. The molecule has 0 fully saturated rings. The number of hydrogen-bond acceptors (Lipinski definition) is 2. The van der Waals surface area contributed by atoms with Crippen molar-refractivity contribution in [2.24, 2.45) is 5.92 Å². The molecule has 1 aliphatic rings. The first-order chi connectivity index (χ1) is 6.77. The lowest BCUT2D eigenvalue weighted by Gasteiger charge is -2.23. The molecule has 2 atom stereocenters. The number of aryl methyl sites for hydroxylation is 1. The SMILES string of the molecule is Cc1cc(C(O)C2CC=CCC2)cs1. The van der Waals surface area contributed by atoms with Gasteiger partial charge in [0.15, 0.2) is 0 Å². The number of rotatable bonds is 2. The average molecular weight is 208 g/mol. The monoisotopic (exact) mass is 208 g/mol. The highest BCUT2D eigenvalue weighted by molar-refractivity contribution is 7.10. The summed E-state index contributed by atoms with van der Waals surface area (Å²) in [5.74, 6) is 0.425. The Morgan fingerprint density at radius 3 is 2.93 bits per heavy atom. The molecule has 1 N–H and O–H groups in total. The molecule has 0 bridgehead atoms. The fraction of sp³-hybridized carbons (Fsp3) is 0.500. The van der Waals surface area contributed by atoms with E-state index < -0.39 is 0 Å². The Balaban J connectivity index is 2.07. The van der Waals surface area contributed by atoms with Gasteiger partial charge in [-0.1, -0.05) is 12.2 Å². The number of allylic oxidation sites excluding steroid dienone is 2. The van der Waals surface area contributed by atoms with E-state index in [0.29, 0.717) is 5.92 Å². The van der Waals surface area contributed by atoms with Crippen molar-refractivity contribution in [1.29, 1.82) is 0 Å². The summed E-state index contributed by atoms with van der Waals surface area (Å²) in [6.07, 6.45) is 7.40. The Hall–Kier alpha value is -0.600. The molecule has 1 aromatic heterocycles. The van der Waals surface area contributed by atoms with Crippen LogP contribution in [0.25, 0.3) is 0 Å². The van der Waals surface area contributed by atoms with Crippen molar-refractivity contribution in [2.75, 3.05) is 0 Å². The molecule has 0 amide bonds. The normalized spacial score (nSPS) is 23.7. The van der Waals surface area contributed by atoms with Crippen molar-refractivity contribution in [3.63, 3.8) is 0 Å². The van der Waals surface area contributed by atoms with E-state index in [2.05, 4.69) is 30.5 Å². The Kier molecular flexibility index (Phi) is 3.04. The number of hydrogen-bond donors (Lipinski definition) is 1. The van der Waals surface area contributed by atoms with Crippen LogP contribution in [0.3, 0.4) is 0 Å². The average Bonchev–Trinajstić information content (AvgIpc) is 2.65. The van der Waals surface area contributed by atoms with E-state index in [-0.39, 0.29) is 6.10 Å². The van der Waals surface area contributed by atoms with Crippen molar-refractivity contribution in [2.45, 2.75) is 32.3 Å². The minimum absolute atomic E-state index is 0.259. The van der Waals surface area contributed by atoms with E-state index in [1.807, 2.05) is 0 Å². The summed E-state index contributed by atoms with van der Waals surface area (Å²) in [4.78, 5) is 1.28. The predicted molar refractivity (Wildman–Crippen MR) is 60.5 cm³/mol. The van der Waals surface area contributed by atoms with Gasteiger partial charge in [-0.2, -0.15) is 0 Å². The van der Waals surface area contributed by atoms with Crippen LogP contribution >= 0.6 is 11.3 Å². The van der Waals surface area contributed by atoms with Crippen molar-refractivity contribution in [3.05, 3.63) is 34.0 Å². The molecule has 0 aromatic carbocycles. The smallest absolute Gasteiger partial charge is 0.0829 e. The second kappa shape index (κ2) is 4.28. The first kappa shape index (κ1) is 9.94. The molecule has 76 valence electrons. The molecular weight excluding hydrogens is 192 g/mol. The number of aliphatic hydroxyl groups is 1. The summed E-state index contributed by atoms with van der Waals surface area (Å²) < 4.78 is 0. The molecule has 0 radical (unpaired) electrons. The maximum atomic E-state index is 10.1. The van der Waals surface area contributed by atoms with Gasteiger partial charge >= 0.3 is 0 Å². The van der Waals surface area contributed by atoms with Crippen LogP contribution in [0.2, 0.25) is 0 Å². The topological polar surface area (TPSA) is 20.2 Å². The largest absolute Gasteiger partial charge is 0.388 e. The molecule has 0 saturated carbocycles. The Morgan fingerprint density at radius 1 is 1.50 bits per heavy atom. The molecule has 2 heteroatoms. The van der Waals surface area contributed by atoms with Crippen LogP contribution in [0.5, 0.6) is 0 Å². The van der Waals surface area contributed by atoms with E-state index in [1.54, 1.807) is 11.3 Å². The van der Waals surface area contributed by atoms with Gasteiger partial charge in [-0.05, 0) is 49.1 Å². The van der Waals surface area contributed by atoms with Gasteiger partial charge in [-0.15, -0.1) is 11.3 Å². The van der Waals surface area contributed by atoms with Gasteiger partial charge in [0.1, 0.15) is 0 Å². The van der Waals surface area contributed by atoms with E-state index in [9.17, 15) is 5.11 Å². The molecule has 0 spiro atoms. The fourth-order valence-electron chi connectivity index (χ4n) is 1.99. The van der Waals surface area contributed by atoms with Crippen LogP contribution in [-0.4, -0.2) is 5.11 Å². The fourth-order valence-corrected chi connectivity index (χ4v) is 2.73. The van der Waals surface area contributed by atoms with Crippen LogP contribution in [0.1, 0.15) is 35.8 Å². The highest BCUT2D eigenvalue weighted by Gasteiger charge is 2.21. The highest BCUT2D eigenvalue weighted by Crippen LogP contribution is 2.33. The molecule has 1 heterocycles. The van der Waals surface area contributed by atoms with Crippen LogP contribution < -0.4 is 0 Å². The van der Waals surface area contributed by atoms with E-state index in [4.69, 9.17) is 0 Å². The highest BCUT2D eigenvalue weighted by atomic mass is 32.1. The molecular formula is C12H16OS. The van der Waals surface area contributed by atoms with Crippen molar-refractivity contribution in [3.8, 4) is 0 Å². The third-order valence-corrected chi connectivity index (χ3v) is 3.73.